The van der Waals surface area contributed by atoms with Crippen molar-refractivity contribution in [1.29, 1.82) is 0 Å². The van der Waals surface area contributed by atoms with Gasteiger partial charge in [-0.1, -0.05) is 5.16 Å². The summed E-state index contributed by atoms with van der Waals surface area (Å²) in [6, 6.07) is 3.88. The number of ether oxygens (including phenoxy) is 1. The van der Waals surface area contributed by atoms with Crippen molar-refractivity contribution in [2.75, 3.05) is 20.2 Å². The van der Waals surface area contributed by atoms with Gasteiger partial charge in [0.2, 0.25) is 17.5 Å². The lowest BCUT2D eigenvalue weighted by atomic mass is 10.1. The van der Waals surface area contributed by atoms with E-state index in [0.717, 1.165) is 31.5 Å². The highest BCUT2D eigenvalue weighted by molar-refractivity contribution is 5.85. The molecule has 0 radical (unpaired) electrons. The SMILES string of the molecule is COc1ccc(-c2noc(-c3ncn(C4CCCNC4)n3)n2)cn1.Cl. The van der Waals surface area contributed by atoms with Crippen LogP contribution in [0.4, 0.5) is 0 Å². The van der Waals surface area contributed by atoms with E-state index in [0.29, 0.717) is 29.5 Å². The molecule has 10 heteroatoms. The highest BCUT2D eigenvalue weighted by atomic mass is 35.5. The summed E-state index contributed by atoms with van der Waals surface area (Å²) in [5.74, 6) is 1.70. The van der Waals surface area contributed by atoms with E-state index in [-0.39, 0.29) is 12.4 Å². The summed E-state index contributed by atoms with van der Waals surface area (Å²) in [5, 5.41) is 11.8. The zero-order valence-corrected chi connectivity index (χ0v) is 14.4. The van der Waals surface area contributed by atoms with E-state index < -0.39 is 0 Å². The fourth-order valence-corrected chi connectivity index (χ4v) is 2.67. The lowest BCUT2D eigenvalue weighted by Crippen LogP contribution is -2.31. The Morgan fingerprint density at radius 2 is 2.20 bits per heavy atom. The van der Waals surface area contributed by atoms with Gasteiger partial charge in [-0.2, -0.15) is 4.98 Å². The molecule has 9 nitrogen and oxygen atoms in total. The summed E-state index contributed by atoms with van der Waals surface area (Å²) >= 11 is 0. The smallest absolute Gasteiger partial charge is 0.297 e. The molecular formula is C15H18ClN7O2. The van der Waals surface area contributed by atoms with Crippen molar-refractivity contribution >= 4 is 12.4 Å². The molecule has 4 rings (SSSR count). The molecule has 1 unspecified atom stereocenters. The molecule has 25 heavy (non-hydrogen) atoms. The Kier molecular flexibility index (Phi) is 5.25. The van der Waals surface area contributed by atoms with Crippen LogP contribution in [0.3, 0.4) is 0 Å². The summed E-state index contributed by atoms with van der Waals surface area (Å²) < 4.78 is 12.2. The summed E-state index contributed by atoms with van der Waals surface area (Å²) in [5.41, 5.74) is 0.738. The van der Waals surface area contributed by atoms with Gasteiger partial charge in [0, 0.05) is 24.4 Å². The quantitative estimate of drug-likeness (QED) is 0.747. The van der Waals surface area contributed by atoms with Crippen LogP contribution in [0.2, 0.25) is 0 Å². The maximum atomic E-state index is 5.29. The van der Waals surface area contributed by atoms with Gasteiger partial charge < -0.3 is 14.6 Å². The van der Waals surface area contributed by atoms with Crippen molar-refractivity contribution in [3.63, 3.8) is 0 Å². The summed E-state index contributed by atoms with van der Waals surface area (Å²) in [4.78, 5) is 12.8. The maximum Gasteiger partial charge on any atom is 0.297 e. The van der Waals surface area contributed by atoms with Gasteiger partial charge in [0.25, 0.3) is 5.89 Å². The van der Waals surface area contributed by atoms with E-state index in [1.165, 1.54) is 0 Å². The molecule has 132 valence electrons. The molecule has 0 saturated carbocycles. The first-order valence-corrected chi connectivity index (χ1v) is 7.80. The largest absolute Gasteiger partial charge is 0.481 e. The molecule has 1 N–H and O–H groups in total. The molecule has 1 aliphatic heterocycles. The average molecular weight is 364 g/mol. The summed E-state index contributed by atoms with van der Waals surface area (Å²) in [6.45, 7) is 1.95. The van der Waals surface area contributed by atoms with Crippen LogP contribution in [-0.2, 0) is 0 Å². The van der Waals surface area contributed by atoms with Gasteiger partial charge in [-0.15, -0.1) is 17.5 Å². The van der Waals surface area contributed by atoms with Crippen LogP contribution in [0.5, 0.6) is 5.88 Å². The fraction of sp³-hybridized carbons (Fsp3) is 0.400. The lowest BCUT2D eigenvalue weighted by Gasteiger charge is -2.22. The van der Waals surface area contributed by atoms with Crippen LogP contribution >= 0.6 is 12.4 Å². The average Bonchev–Trinajstić information content (AvgIpc) is 3.32. The molecule has 1 aliphatic rings. The second-order valence-corrected chi connectivity index (χ2v) is 5.56. The van der Waals surface area contributed by atoms with E-state index in [1.807, 2.05) is 10.7 Å². The van der Waals surface area contributed by atoms with Crippen molar-refractivity contribution in [2.24, 2.45) is 0 Å². The number of hydrogen-bond donors (Lipinski definition) is 1. The molecule has 3 aromatic heterocycles. The number of nitrogens with one attached hydrogen (secondary N) is 1. The molecule has 1 fully saturated rings. The highest BCUT2D eigenvalue weighted by Gasteiger charge is 2.19. The van der Waals surface area contributed by atoms with Crippen LogP contribution in [0.15, 0.2) is 29.2 Å². The molecular weight excluding hydrogens is 346 g/mol. The number of hydrogen-bond acceptors (Lipinski definition) is 8. The third kappa shape index (κ3) is 3.62. The Bertz CT molecular complexity index is 811. The predicted molar refractivity (Wildman–Crippen MR) is 91.5 cm³/mol. The van der Waals surface area contributed by atoms with Crippen molar-refractivity contribution in [3.05, 3.63) is 24.7 Å². The zero-order chi connectivity index (χ0) is 16.4. The van der Waals surface area contributed by atoms with E-state index >= 15 is 0 Å². The molecule has 0 aromatic carbocycles. The Labute approximate surface area is 150 Å². The van der Waals surface area contributed by atoms with Gasteiger partial charge in [0.15, 0.2) is 0 Å². The third-order valence-electron chi connectivity index (χ3n) is 3.97. The molecule has 0 bridgehead atoms. The van der Waals surface area contributed by atoms with Gasteiger partial charge in [0.05, 0.1) is 13.2 Å². The van der Waals surface area contributed by atoms with E-state index in [2.05, 4.69) is 30.5 Å². The minimum atomic E-state index is 0. The Hall–Kier alpha value is -2.52. The Morgan fingerprint density at radius 1 is 1.28 bits per heavy atom. The Morgan fingerprint density at radius 3 is 2.92 bits per heavy atom. The minimum absolute atomic E-state index is 0. The van der Waals surface area contributed by atoms with Crippen molar-refractivity contribution in [1.82, 2.24) is 35.2 Å². The van der Waals surface area contributed by atoms with Gasteiger partial charge >= 0.3 is 0 Å². The van der Waals surface area contributed by atoms with Gasteiger partial charge in [-0.25, -0.2) is 14.6 Å². The van der Waals surface area contributed by atoms with Crippen LogP contribution in [0, 0.1) is 0 Å². The van der Waals surface area contributed by atoms with Crippen LogP contribution in [0.1, 0.15) is 18.9 Å². The van der Waals surface area contributed by atoms with Crippen LogP contribution < -0.4 is 10.1 Å². The Balaban J connectivity index is 0.00000182. The molecule has 3 aromatic rings. The number of methoxy groups -OCH3 is 1. The molecule has 0 aliphatic carbocycles. The molecule has 0 spiro atoms. The van der Waals surface area contributed by atoms with E-state index in [4.69, 9.17) is 9.26 Å². The number of pyridine rings is 1. The van der Waals surface area contributed by atoms with Crippen molar-refractivity contribution in [3.8, 4) is 29.0 Å². The first kappa shape index (κ1) is 17.3. The second kappa shape index (κ2) is 7.58. The monoisotopic (exact) mass is 363 g/mol. The second-order valence-electron chi connectivity index (χ2n) is 5.56. The molecule has 1 saturated heterocycles. The normalized spacial score (nSPS) is 17.1. The standard InChI is InChI=1S/C15H17N7O2.ClH/c1-23-12-5-4-10(7-17-12)13-19-15(24-21-13)14-18-9-22(20-14)11-3-2-6-16-8-11;/h4-5,7,9,11,16H,2-3,6,8H2,1H3;1H. The summed E-state index contributed by atoms with van der Waals surface area (Å²) in [6.07, 6.45) is 5.57. The van der Waals surface area contributed by atoms with Crippen molar-refractivity contribution < 1.29 is 9.26 Å². The molecule has 4 heterocycles. The highest BCUT2D eigenvalue weighted by Crippen LogP contribution is 2.22. The maximum absolute atomic E-state index is 5.29. The first-order valence-electron chi connectivity index (χ1n) is 7.80. The first-order chi connectivity index (χ1) is 11.8. The number of piperidine rings is 1. The summed E-state index contributed by atoms with van der Waals surface area (Å²) in [7, 11) is 1.57. The molecule has 1 atom stereocenters. The fourth-order valence-electron chi connectivity index (χ4n) is 2.67. The van der Waals surface area contributed by atoms with Crippen molar-refractivity contribution in [2.45, 2.75) is 18.9 Å². The zero-order valence-electron chi connectivity index (χ0n) is 13.6. The number of nitrogens with zero attached hydrogens (tertiary/aromatic N) is 6. The van der Waals surface area contributed by atoms with E-state index in [1.54, 1.807) is 25.7 Å². The minimum Gasteiger partial charge on any atom is -0.481 e. The van der Waals surface area contributed by atoms with E-state index in [9.17, 15) is 0 Å². The molecule has 0 amide bonds. The predicted octanol–water partition coefficient (Wildman–Crippen LogP) is 1.74. The van der Waals surface area contributed by atoms with Gasteiger partial charge in [-0.05, 0) is 25.5 Å². The van der Waals surface area contributed by atoms with Crippen LogP contribution in [-0.4, -0.2) is 50.1 Å². The lowest BCUT2D eigenvalue weighted by molar-refractivity contribution is 0.345. The number of halogens is 1. The third-order valence-corrected chi connectivity index (χ3v) is 3.97. The van der Waals surface area contributed by atoms with Gasteiger partial charge in [0.1, 0.15) is 6.33 Å². The topological polar surface area (TPSA) is 104 Å². The number of rotatable bonds is 4. The van der Waals surface area contributed by atoms with Gasteiger partial charge in [-0.3, -0.25) is 0 Å². The number of aromatic nitrogens is 6. The van der Waals surface area contributed by atoms with Crippen LogP contribution in [0.25, 0.3) is 23.1 Å².